The molecule has 0 saturated carbocycles. The number of nitrogens with one attached hydrogen (secondary N) is 1. The molecule has 0 aromatic heterocycles. The van der Waals surface area contributed by atoms with Gasteiger partial charge < -0.3 is 19.5 Å². The third kappa shape index (κ3) is 15.4. The van der Waals surface area contributed by atoms with Gasteiger partial charge in [0.15, 0.2) is 0 Å². The van der Waals surface area contributed by atoms with Crippen molar-refractivity contribution in [3.63, 3.8) is 0 Å². The first-order valence-electron chi connectivity index (χ1n) is 7.22. The van der Waals surface area contributed by atoms with Crippen molar-refractivity contribution < 1.29 is 19.0 Å². The molecule has 0 aliphatic carbocycles. The maximum atomic E-state index is 11.4. The summed E-state index contributed by atoms with van der Waals surface area (Å²) in [6, 6.07) is 0. The standard InChI is InChI=1S/C15H31NO4/c1-14(2,3)19-10-7-9-18-11-8-16-13(17)12-20-15(4,5)6/h7-12H2,1-6H3,(H,16,17). The smallest absolute Gasteiger partial charge is 0.246 e. The number of ether oxygens (including phenoxy) is 3. The average Bonchev–Trinajstić information content (AvgIpc) is 2.27. The molecule has 120 valence electrons. The zero-order valence-electron chi connectivity index (χ0n) is 13.9. The second-order valence-corrected chi connectivity index (χ2v) is 6.68. The van der Waals surface area contributed by atoms with E-state index in [-0.39, 0.29) is 23.7 Å². The minimum atomic E-state index is -0.291. The summed E-state index contributed by atoms with van der Waals surface area (Å²) < 4.78 is 16.3. The van der Waals surface area contributed by atoms with Crippen molar-refractivity contribution in [3.05, 3.63) is 0 Å². The van der Waals surface area contributed by atoms with Crippen LogP contribution in [-0.2, 0) is 19.0 Å². The first-order chi connectivity index (χ1) is 9.10. The van der Waals surface area contributed by atoms with Gasteiger partial charge in [0, 0.05) is 19.8 Å². The lowest BCUT2D eigenvalue weighted by Crippen LogP contribution is -2.34. The number of hydrogen-bond acceptors (Lipinski definition) is 4. The Kier molecular flexibility index (Phi) is 9.01. The SMILES string of the molecule is CC(C)(C)OCCCOCCNC(=O)COC(C)(C)C. The minimum Gasteiger partial charge on any atom is -0.380 e. The summed E-state index contributed by atoms with van der Waals surface area (Å²) in [6.45, 7) is 14.3. The van der Waals surface area contributed by atoms with Crippen molar-refractivity contribution >= 4 is 5.91 Å². The fraction of sp³-hybridized carbons (Fsp3) is 0.933. The molecule has 1 amide bonds. The number of amides is 1. The Morgan fingerprint density at radius 1 is 0.900 bits per heavy atom. The van der Waals surface area contributed by atoms with E-state index in [1.165, 1.54) is 0 Å². The van der Waals surface area contributed by atoms with Crippen molar-refractivity contribution in [1.82, 2.24) is 5.32 Å². The molecule has 1 N–H and O–H groups in total. The summed E-state index contributed by atoms with van der Waals surface area (Å²) in [5.74, 6) is -0.111. The fourth-order valence-corrected chi connectivity index (χ4v) is 1.24. The first kappa shape index (κ1) is 19.4. The maximum absolute atomic E-state index is 11.4. The molecule has 20 heavy (non-hydrogen) atoms. The van der Waals surface area contributed by atoms with Gasteiger partial charge in [-0.2, -0.15) is 0 Å². The van der Waals surface area contributed by atoms with Crippen LogP contribution in [0.1, 0.15) is 48.0 Å². The molecule has 0 bridgehead atoms. The molecule has 5 heteroatoms. The second kappa shape index (κ2) is 9.32. The van der Waals surface area contributed by atoms with Crippen molar-refractivity contribution in [2.45, 2.75) is 59.2 Å². The lowest BCUT2D eigenvalue weighted by Gasteiger charge is -2.19. The number of carbonyl (C=O) groups is 1. The third-order valence-corrected chi connectivity index (χ3v) is 2.17. The third-order valence-electron chi connectivity index (χ3n) is 2.17. The molecule has 0 fully saturated rings. The summed E-state index contributed by atoms with van der Waals surface area (Å²) in [5, 5.41) is 2.75. The Bertz CT molecular complexity index is 266. The summed E-state index contributed by atoms with van der Waals surface area (Å²) in [6.07, 6.45) is 0.859. The van der Waals surface area contributed by atoms with Crippen LogP contribution in [0.3, 0.4) is 0 Å². The molecule has 0 aromatic rings. The molecule has 0 radical (unpaired) electrons. The normalized spacial score (nSPS) is 12.5. The lowest BCUT2D eigenvalue weighted by atomic mass is 10.2. The van der Waals surface area contributed by atoms with E-state index >= 15 is 0 Å². The lowest BCUT2D eigenvalue weighted by molar-refractivity contribution is -0.130. The molecule has 0 atom stereocenters. The van der Waals surface area contributed by atoms with Gasteiger partial charge in [-0.1, -0.05) is 0 Å². The Morgan fingerprint density at radius 2 is 1.50 bits per heavy atom. The summed E-state index contributed by atoms with van der Waals surface area (Å²) in [4.78, 5) is 11.4. The average molecular weight is 289 g/mol. The van der Waals surface area contributed by atoms with E-state index in [2.05, 4.69) is 5.32 Å². The molecule has 0 heterocycles. The molecule has 5 nitrogen and oxygen atoms in total. The van der Waals surface area contributed by atoms with Crippen molar-refractivity contribution in [3.8, 4) is 0 Å². The highest BCUT2D eigenvalue weighted by molar-refractivity contribution is 5.77. The fourth-order valence-electron chi connectivity index (χ4n) is 1.24. The zero-order chi connectivity index (χ0) is 15.6. The van der Waals surface area contributed by atoms with Gasteiger partial charge >= 0.3 is 0 Å². The van der Waals surface area contributed by atoms with E-state index in [0.717, 1.165) is 6.42 Å². The highest BCUT2D eigenvalue weighted by Crippen LogP contribution is 2.06. The molecular weight excluding hydrogens is 258 g/mol. The van der Waals surface area contributed by atoms with Gasteiger partial charge in [0.1, 0.15) is 6.61 Å². The molecule has 0 spiro atoms. The van der Waals surface area contributed by atoms with Crippen LogP contribution in [0.15, 0.2) is 0 Å². The highest BCUT2D eigenvalue weighted by atomic mass is 16.5. The van der Waals surface area contributed by atoms with Crippen LogP contribution >= 0.6 is 0 Å². The second-order valence-electron chi connectivity index (χ2n) is 6.68. The summed E-state index contributed by atoms with van der Waals surface area (Å²) in [7, 11) is 0. The van der Waals surface area contributed by atoms with Gasteiger partial charge in [0.25, 0.3) is 0 Å². The quantitative estimate of drug-likeness (QED) is 0.661. The molecule has 0 saturated heterocycles. The Labute approximate surface area is 123 Å². The van der Waals surface area contributed by atoms with Crippen LogP contribution in [0.2, 0.25) is 0 Å². The van der Waals surface area contributed by atoms with E-state index in [4.69, 9.17) is 14.2 Å². The van der Waals surface area contributed by atoms with Crippen LogP contribution in [0.5, 0.6) is 0 Å². The van der Waals surface area contributed by atoms with E-state index < -0.39 is 0 Å². The van der Waals surface area contributed by atoms with Crippen LogP contribution in [0, 0.1) is 0 Å². The Balaban J connectivity index is 3.34. The van der Waals surface area contributed by atoms with E-state index in [9.17, 15) is 4.79 Å². The van der Waals surface area contributed by atoms with Gasteiger partial charge in [-0.25, -0.2) is 0 Å². The topological polar surface area (TPSA) is 56.8 Å². The number of rotatable bonds is 9. The molecule has 0 aliphatic heterocycles. The Morgan fingerprint density at radius 3 is 2.05 bits per heavy atom. The van der Waals surface area contributed by atoms with E-state index in [1.54, 1.807) is 0 Å². The van der Waals surface area contributed by atoms with Crippen LogP contribution in [0.25, 0.3) is 0 Å². The predicted octanol–water partition coefficient (Wildman–Crippen LogP) is 2.14. The van der Waals surface area contributed by atoms with Crippen LogP contribution in [-0.4, -0.2) is 50.1 Å². The number of carbonyl (C=O) groups excluding carboxylic acids is 1. The van der Waals surface area contributed by atoms with Gasteiger partial charge in [-0.15, -0.1) is 0 Å². The van der Waals surface area contributed by atoms with Gasteiger partial charge in [0.05, 0.1) is 17.8 Å². The molecule has 0 rings (SSSR count). The predicted molar refractivity (Wildman–Crippen MR) is 79.9 cm³/mol. The highest BCUT2D eigenvalue weighted by Gasteiger charge is 2.12. The summed E-state index contributed by atoms with van der Waals surface area (Å²) >= 11 is 0. The van der Waals surface area contributed by atoms with Gasteiger partial charge in [-0.3, -0.25) is 4.79 Å². The van der Waals surface area contributed by atoms with Crippen molar-refractivity contribution in [2.24, 2.45) is 0 Å². The summed E-state index contributed by atoms with van der Waals surface area (Å²) in [5.41, 5.74) is -0.387. The van der Waals surface area contributed by atoms with E-state index in [0.29, 0.717) is 26.4 Å². The maximum Gasteiger partial charge on any atom is 0.246 e. The Hall–Kier alpha value is -0.650. The molecule has 0 aliphatic rings. The van der Waals surface area contributed by atoms with Gasteiger partial charge in [0.2, 0.25) is 5.91 Å². The largest absolute Gasteiger partial charge is 0.380 e. The van der Waals surface area contributed by atoms with E-state index in [1.807, 2.05) is 41.5 Å². The minimum absolute atomic E-state index is 0.0862. The first-order valence-corrected chi connectivity index (χ1v) is 7.22. The zero-order valence-corrected chi connectivity index (χ0v) is 13.9. The van der Waals surface area contributed by atoms with Crippen LogP contribution < -0.4 is 5.32 Å². The van der Waals surface area contributed by atoms with Gasteiger partial charge in [-0.05, 0) is 48.0 Å². The van der Waals surface area contributed by atoms with Crippen molar-refractivity contribution in [1.29, 1.82) is 0 Å². The molecular formula is C15H31NO4. The monoisotopic (exact) mass is 289 g/mol. The number of hydrogen-bond donors (Lipinski definition) is 1. The molecule has 0 aromatic carbocycles. The molecule has 0 unspecified atom stereocenters. The van der Waals surface area contributed by atoms with Crippen LogP contribution in [0.4, 0.5) is 0 Å². The van der Waals surface area contributed by atoms with Crippen molar-refractivity contribution in [2.75, 3.05) is 33.0 Å².